The molecule has 0 N–H and O–H groups in total. The molecular formula is C22H23ClN4O2S. The second kappa shape index (κ2) is 9.12. The van der Waals surface area contributed by atoms with Crippen LogP contribution in [0.4, 0.5) is 5.82 Å². The predicted molar refractivity (Wildman–Crippen MR) is 123 cm³/mol. The number of methoxy groups -OCH3 is 1. The Morgan fingerprint density at radius 3 is 2.63 bits per heavy atom. The molecule has 4 rings (SSSR count). The highest BCUT2D eigenvalue weighted by Gasteiger charge is 2.25. The maximum absolute atomic E-state index is 12.1. The smallest absolute Gasteiger partial charge is 0.348 e. The fourth-order valence-corrected chi connectivity index (χ4v) is 4.96. The van der Waals surface area contributed by atoms with E-state index in [2.05, 4.69) is 44.1 Å². The van der Waals surface area contributed by atoms with Gasteiger partial charge in [0.25, 0.3) is 0 Å². The zero-order valence-electron chi connectivity index (χ0n) is 17.0. The van der Waals surface area contributed by atoms with Crippen LogP contribution in [0.15, 0.2) is 36.4 Å². The van der Waals surface area contributed by atoms with Gasteiger partial charge in [0.2, 0.25) is 5.28 Å². The number of benzene rings is 1. The Kier molecular flexibility index (Phi) is 6.32. The fraction of sp³-hybridized carbons (Fsp3) is 0.318. The summed E-state index contributed by atoms with van der Waals surface area (Å²) < 4.78 is 4.91. The van der Waals surface area contributed by atoms with E-state index in [9.17, 15) is 4.79 Å². The molecule has 1 aliphatic rings. The summed E-state index contributed by atoms with van der Waals surface area (Å²) in [5.41, 5.74) is 2.06. The lowest BCUT2D eigenvalue weighted by Gasteiger charge is -2.35. The number of aryl methyl sites for hydroxylation is 1. The van der Waals surface area contributed by atoms with Gasteiger partial charge in [0.15, 0.2) is 0 Å². The van der Waals surface area contributed by atoms with Crippen molar-refractivity contribution in [1.29, 1.82) is 0 Å². The van der Waals surface area contributed by atoms with Crippen molar-refractivity contribution in [3.05, 3.63) is 57.7 Å². The minimum Gasteiger partial charge on any atom is -0.465 e. The number of anilines is 1. The molecule has 156 valence electrons. The highest BCUT2D eigenvalue weighted by molar-refractivity contribution is 7.20. The number of esters is 1. The van der Waals surface area contributed by atoms with Gasteiger partial charge in [-0.25, -0.2) is 9.78 Å². The molecule has 8 heteroatoms. The van der Waals surface area contributed by atoms with E-state index in [1.165, 1.54) is 24.0 Å². The highest BCUT2D eigenvalue weighted by atomic mass is 35.5. The SMILES string of the molecule is COC(=O)c1sc2nc(Cl)nc(N3CCN(C/C=C/c4ccccc4)CC3)c2c1C. The summed E-state index contributed by atoms with van der Waals surface area (Å²) in [6.07, 6.45) is 4.36. The number of halogens is 1. The maximum Gasteiger partial charge on any atom is 0.348 e. The lowest BCUT2D eigenvalue weighted by Crippen LogP contribution is -2.46. The second-order valence-corrected chi connectivity index (χ2v) is 8.48. The van der Waals surface area contributed by atoms with E-state index in [0.29, 0.717) is 4.88 Å². The van der Waals surface area contributed by atoms with E-state index in [4.69, 9.17) is 16.3 Å². The van der Waals surface area contributed by atoms with Gasteiger partial charge >= 0.3 is 5.97 Å². The van der Waals surface area contributed by atoms with Crippen molar-refractivity contribution in [2.45, 2.75) is 6.92 Å². The van der Waals surface area contributed by atoms with E-state index in [1.54, 1.807) is 0 Å². The molecular weight excluding hydrogens is 420 g/mol. The van der Waals surface area contributed by atoms with Gasteiger partial charge in [-0.2, -0.15) is 4.98 Å². The van der Waals surface area contributed by atoms with Crippen LogP contribution in [0.3, 0.4) is 0 Å². The van der Waals surface area contributed by atoms with Gasteiger partial charge in [-0.15, -0.1) is 11.3 Å². The van der Waals surface area contributed by atoms with Gasteiger partial charge < -0.3 is 9.64 Å². The Hall–Kier alpha value is -2.48. The van der Waals surface area contributed by atoms with Crippen molar-refractivity contribution in [2.75, 3.05) is 44.7 Å². The van der Waals surface area contributed by atoms with E-state index in [0.717, 1.165) is 54.3 Å². The molecule has 1 saturated heterocycles. The molecule has 0 radical (unpaired) electrons. The van der Waals surface area contributed by atoms with Crippen molar-refractivity contribution in [2.24, 2.45) is 0 Å². The number of hydrogen-bond donors (Lipinski definition) is 0. The maximum atomic E-state index is 12.1. The molecule has 0 unspecified atom stereocenters. The summed E-state index contributed by atoms with van der Waals surface area (Å²) in [6.45, 7) is 6.35. The van der Waals surface area contributed by atoms with Crippen LogP contribution in [-0.2, 0) is 4.74 Å². The van der Waals surface area contributed by atoms with Crippen molar-refractivity contribution >= 4 is 51.0 Å². The Morgan fingerprint density at radius 1 is 1.20 bits per heavy atom. The molecule has 30 heavy (non-hydrogen) atoms. The molecule has 3 heterocycles. The Morgan fingerprint density at radius 2 is 1.93 bits per heavy atom. The monoisotopic (exact) mass is 442 g/mol. The summed E-state index contributed by atoms with van der Waals surface area (Å²) in [4.78, 5) is 26.9. The zero-order chi connectivity index (χ0) is 21.1. The number of rotatable bonds is 5. The third-order valence-corrected chi connectivity index (χ3v) is 6.59. The standard InChI is InChI=1S/C22H23ClN4O2S/c1-15-17-19(24-22(23)25-20(17)30-18(15)21(28)29-2)27-13-11-26(12-14-27)10-6-9-16-7-4-3-5-8-16/h3-9H,10-14H2,1-2H3/b9-6+. The average molecular weight is 443 g/mol. The van der Waals surface area contributed by atoms with Crippen molar-refractivity contribution < 1.29 is 9.53 Å². The molecule has 2 aromatic heterocycles. The predicted octanol–water partition coefficient (Wildman–Crippen LogP) is 4.28. The minimum absolute atomic E-state index is 0.198. The molecule has 0 atom stereocenters. The zero-order valence-corrected chi connectivity index (χ0v) is 18.5. The topological polar surface area (TPSA) is 58.6 Å². The average Bonchev–Trinajstić information content (AvgIpc) is 3.10. The Bertz CT molecular complexity index is 1080. The summed E-state index contributed by atoms with van der Waals surface area (Å²) >= 11 is 7.50. The number of aromatic nitrogens is 2. The van der Waals surface area contributed by atoms with Gasteiger partial charge in [-0.05, 0) is 29.7 Å². The van der Waals surface area contributed by atoms with E-state index in [1.807, 2.05) is 25.1 Å². The molecule has 1 fully saturated rings. The van der Waals surface area contributed by atoms with Crippen LogP contribution in [0, 0.1) is 6.92 Å². The van der Waals surface area contributed by atoms with Crippen LogP contribution in [0.1, 0.15) is 20.8 Å². The van der Waals surface area contributed by atoms with E-state index >= 15 is 0 Å². The summed E-state index contributed by atoms with van der Waals surface area (Å²) in [5.74, 6) is 0.445. The molecule has 0 saturated carbocycles. The summed E-state index contributed by atoms with van der Waals surface area (Å²) in [7, 11) is 1.39. The van der Waals surface area contributed by atoms with Crippen LogP contribution in [0.25, 0.3) is 16.3 Å². The number of fused-ring (bicyclic) bond motifs is 1. The van der Waals surface area contributed by atoms with Crippen molar-refractivity contribution in [1.82, 2.24) is 14.9 Å². The van der Waals surface area contributed by atoms with Gasteiger partial charge in [0.1, 0.15) is 15.5 Å². The van der Waals surface area contributed by atoms with Crippen LogP contribution in [-0.4, -0.2) is 60.7 Å². The largest absolute Gasteiger partial charge is 0.465 e. The van der Waals surface area contributed by atoms with Crippen LogP contribution < -0.4 is 4.90 Å². The molecule has 1 aromatic carbocycles. The number of carbonyl (C=O) groups excluding carboxylic acids is 1. The van der Waals surface area contributed by atoms with Crippen LogP contribution in [0.2, 0.25) is 5.28 Å². The van der Waals surface area contributed by atoms with Gasteiger partial charge in [-0.3, -0.25) is 4.90 Å². The summed E-state index contributed by atoms with van der Waals surface area (Å²) in [6, 6.07) is 10.3. The minimum atomic E-state index is -0.354. The lowest BCUT2D eigenvalue weighted by atomic mass is 10.2. The van der Waals surface area contributed by atoms with Crippen molar-refractivity contribution in [3.63, 3.8) is 0 Å². The number of ether oxygens (including phenoxy) is 1. The molecule has 6 nitrogen and oxygen atoms in total. The lowest BCUT2D eigenvalue weighted by molar-refractivity contribution is 0.0605. The Balaban J connectivity index is 1.48. The number of carbonyl (C=O) groups is 1. The number of nitrogens with zero attached hydrogens (tertiary/aromatic N) is 4. The molecule has 0 spiro atoms. The first-order chi connectivity index (χ1) is 14.6. The third kappa shape index (κ3) is 4.33. The first kappa shape index (κ1) is 20.8. The van der Waals surface area contributed by atoms with Crippen LogP contribution in [0.5, 0.6) is 0 Å². The number of thiophene rings is 1. The van der Waals surface area contributed by atoms with E-state index in [-0.39, 0.29) is 11.3 Å². The first-order valence-corrected chi connectivity index (χ1v) is 11.0. The van der Waals surface area contributed by atoms with Crippen LogP contribution >= 0.6 is 22.9 Å². The molecule has 3 aromatic rings. The van der Waals surface area contributed by atoms with Gasteiger partial charge in [0.05, 0.1) is 12.5 Å². The first-order valence-electron chi connectivity index (χ1n) is 9.80. The molecule has 0 amide bonds. The van der Waals surface area contributed by atoms with E-state index < -0.39 is 0 Å². The third-order valence-electron chi connectivity index (χ3n) is 5.26. The number of hydrogen-bond acceptors (Lipinski definition) is 7. The quantitative estimate of drug-likeness (QED) is 0.434. The second-order valence-electron chi connectivity index (χ2n) is 7.14. The molecule has 0 aliphatic carbocycles. The molecule has 1 aliphatic heterocycles. The number of piperazine rings is 1. The van der Waals surface area contributed by atoms with Gasteiger partial charge in [0, 0.05) is 32.7 Å². The highest BCUT2D eigenvalue weighted by Crippen LogP contribution is 2.36. The summed E-state index contributed by atoms with van der Waals surface area (Å²) in [5, 5.41) is 1.09. The van der Waals surface area contributed by atoms with Gasteiger partial charge in [-0.1, -0.05) is 42.5 Å². The molecule has 0 bridgehead atoms. The Labute approximate surface area is 184 Å². The van der Waals surface area contributed by atoms with Crippen molar-refractivity contribution in [3.8, 4) is 0 Å². The fourth-order valence-electron chi connectivity index (χ4n) is 3.65. The normalized spacial score (nSPS) is 15.2.